The van der Waals surface area contributed by atoms with Gasteiger partial charge in [0, 0.05) is 5.02 Å². The molecule has 2 N–H and O–H groups in total. The summed E-state index contributed by atoms with van der Waals surface area (Å²) < 4.78 is 53.7. The summed E-state index contributed by atoms with van der Waals surface area (Å²) in [5.74, 6) is -0.342. The summed E-state index contributed by atoms with van der Waals surface area (Å²) in [6.07, 6.45) is 1.49. The van der Waals surface area contributed by atoms with E-state index in [1.807, 2.05) is 27.7 Å². The highest BCUT2D eigenvalue weighted by Gasteiger charge is 2.39. The first-order valence-electron chi connectivity index (χ1n) is 13.4. The molecule has 0 radical (unpaired) electrons. The molecule has 1 atom stereocenters. The average molecular weight is 604 g/mol. The second-order valence-corrected chi connectivity index (χ2v) is 13.2. The highest BCUT2D eigenvalue weighted by molar-refractivity contribution is 7.92. The highest BCUT2D eigenvalue weighted by atomic mass is 35.5. The first-order valence-corrected chi connectivity index (χ1v) is 15.2. The third kappa shape index (κ3) is 7.62. The Morgan fingerprint density at radius 3 is 2.29 bits per heavy atom. The molecule has 3 aromatic carbocycles. The normalized spacial score (nSPS) is 16.3. The predicted molar refractivity (Wildman–Crippen MR) is 160 cm³/mol. The minimum Gasteiger partial charge on any atom is -0.492 e. The van der Waals surface area contributed by atoms with Crippen LogP contribution in [-0.2, 0) is 19.6 Å². The van der Waals surface area contributed by atoms with Gasteiger partial charge >= 0.3 is 5.97 Å². The van der Waals surface area contributed by atoms with Gasteiger partial charge in [-0.2, -0.15) is 0 Å². The standard InChI is InChI=1S/C30H35ClFN3O5S/c1-5-16-30(20-28(36)40-29(2,3)4)33-26-15-10-23(19-27(26)34-30)35(17-18-39-24-11-6-21(31)7-12-24)41(37,38)25-13-8-22(32)9-14-25/h6-15,19,33-34H,5,16-18,20H2,1-4H3. The summed E-state index contributed by atoms with van der Waals surface area (Å²) in [7, 11) is -4.08. The van der Waals surface area contributed by atoms with Crippen LogP contribution in [0.5, 0.6) is 5.75 Å². The lowest BCUT2D eigenvalue weighted by Crippen LogP contribution is -2.45. The molecule has 3 aromatic rings. The van der Waals surface area contributed by atoms with Crippen molar-refractivity contribution in [1.82, 2.24) is 0 Å². The first-order chi connectivity index (χ1) is 19.3. The van der Waals surface area contributed by atoms with Gasteiger partial charge in [-0.05, 0) is 93.9 Å². The van der Waals surface area contributed by atoms with E-state index >= 15 is 0 Å². The molecule has 0 amide bonds. The molecule has 0 aliphatic carbocycles. The number of nitrogens with zero attached hydrogens (tertiary/aromatic N) is 1. The van der Waals surface area contributed by atoms with Crippen molar-refractivity contribution in [3.05, 3.63) is 77.6 Å². The molecule has 220 valence electrons. The Labute approximate surface area is 245 Å². The summed E-state index contributed by atoms with van der Waals surface area (Å²) in [6.45, 7) is 7.50. The number of fused-ring (bicyclic) bond motifs is 1. The minimum absolute atomic E-state index is 0.0213. The molecule has 0 spiro atoms. The third-order valence-electron chi connectivity index (χ3n) is 6.36. The summed E-state index contributed by atoms with van der Waals surface area (Å²) in [5, 5.41) is 7.40. The molecule has 41 heavy (non-hydrogen) atoms. The van der Waals surface area contributed by atoms with Crippen LogP contribution < -0.4 is 19.7 Å². The Kier molecular flexibility index (Phi) is 9.03. The van der Waals surface area contributed by atoms with Crippen LogP contribution in [0.4, 0.5) is 21.5 Å². The van der Waals surface area contributed by atoms with Crippen molar-refractivity contribution in [3.63, 3.8) is 0 Å². The number of benzene rings is 3. The number of anilines is 3. The van der Waals surface area contributed by atoms with Crippen LogP contribution in [0.25, 0.3) is 0 Å². The Hall–Kier alpha value is -3.50. The van der Waals surface area contributed by atoms with Crippen LogP contribution >= 0.6 is 11.6 Å². The van der Waals surface area contributed by atoms with E-state index in [1.165, 1.54) is 16.4 Å². The molecule has 1 aliphatic heterocycles. The topological polar surface area (TPSA) is 97.0 Å². The molecule has 0 aromatic heterocycles. The number of halogens is 2. The van der Waals surface area contributed by atoms with Crippen molar-refractivity contribution < 1.29 is 27.1 Å². The van der Waals surface area contributed by atoms with E-state index in [0.717, 1.165) is 24.2 Å². The molecule has 0 saturated heterocycles. The maximum atomic E-state index is 13.8. The second kappa shape index (κ2) is 12.2. The van der Waals surface area contributed by atoms with Gasteiger partial charge in [0.25, 0.3) is 10.0 Å². The lowest BCUT2D eigenvalue weighted by Gasteiger charge is -2.31. The molecule has 1 aliphatic rings. The molecular formula is C30H35ClFN3O5S. The number of hydrogen-bond acceptors (Lipinski definition) is 7. The van der Waals surface area contributed by atoms with Crippen LogP contribution in [0.1, 0.15) is 47.0 Å². The van der Waals surface area contributed by atoms with Crippen LogP contribution in [0.15, 0.2) is 71.6 Å². The van der Waals surface area contributed by atoms with Gasteiger partial charge in [0.05, 0.1) is 34.9 Å². The molecular weight excluding hydrogens is 569 g/mol. The smallest absolute Gasteiger partial charge is 0.310 e. The molecule has 0 bridgehead atoms. The largest absolute Gasteiger partial charge is 0.492 e. The van der Waals surface area contributed by atoms with Crippen molar-refractivity contribution >= 4 is 44.7 Å². The van der Waals surface area contributed by atoms with Crippen molar-refractivity contribution in [3.8, 4) is 5.75 Å². The van der Waals surface area contributed by atoms with Gasteiger partial charge in [0.2, 0.25) is 0 Å². The van der Waals surface area contributed by atoms with Gasteiger partial charge in [-0.15, -0.1) is 0 Å². The highest BCUT2D eigenvalue weighted by Crippen LogP contribution is 2.41. The van der Waals surface area contributed by atoms with Crippen LogP contribution in [0.3, 0.4) is 0 Å². The van der Waals surface area contributed by atoms with E-state index in [2.05, 4.69) is 10.6 Å². The second-order valence-electron chi connectivity index (χ2n) is 10.9. The van der Waals surface area contributed by atoms with Gasteiger partial charge in [-0.3, -0.25) is 9.10 Å². The zero-order valence-corrected chi connectivity index (χ0v) is 25.1. The molecule has 0 saturated carbocycles. The van der Waals surface area contributed by atoms with Crippen LogP contribution in [0, 0.1) is 5.82 Å². The maximum absolute atomic E-state index is 13.8. The molecule has 0 fully saturated rings. The number of carbonyl (C=O) groups excluding carboxylic acids is 1. The molecule has 4 rings (SSSR count). The number of carbonyl (C=O) groups is 1. The van der Waals surface area contributed by atoms with Crippen molar-refractivity contribution in [2.45, 2.75) is 63.1 Å². The van der Waals surface area contributed by atoms with Crippen LogP contribution in [-0.4, -0.2) is 38.8 Å². The maximum Gasteiger partial charge on any atom is 0.310 e. The van der Waals surface area contributed by atoms with Crippen molar-refractivity contribution in [1.29, 1.82) is 0 Å². The Balaban J connectivity index is 1.62. The fourth-order valence-electron chi connectivity index (χ4n) is 4.70. The monoisotopic (exact) mass is 603 g/mol. The van der Waals surface area contributed by atoms with Crippen molar-refractivity contribution in [2.24, 2.45) is 0 Å². The number of sulfonamides is 1. The van der Waals surface area contributed by atoms with Gasteiger partial charge < -0.3 is 20.1 Å². The van der Waals surface area contributed by atoms with Crippen molar-refractivity contribution in [2.75, 3.05) is 28.1 Å². The van der Waals surface area contributed by atoms with E-state index in [4.69, 9.17) is 21.1 Å². The van der Waals surface area contributed by atoms with Crippen LogP contribution in [0.2, 0.25) is 5.02 Å². The minimum atomic E-state index is -4.08. The summed E-state index contributed by atoms with van der Waals surface area (Å²) in [4.78, 5) is 12.7. The Morgan fingerprint density at radius 1 is 1.00 bits per heavy atom. The zero-order valence-electron chi connectivity index (χ0n) is 23.5. The zero-order chi connectivity index (χ0) is 29.8. The lowest BCUT2D eigenvalue weighted by atomic mass is 10.0. The Bertz CT molecular complexity index is 1480. The summed E-state index contributed by atoms with van der Waals surface area (Å²) in [5.41, 5.74) is 0.370. The average Bonchev–Trinajstić information content (AvgIpc) is 3.23. The summed E-state index contributed by atoms with van der Waals surface area (Å²) in [6, 6.07) is 16.6. The third-order valence-corrected chi connectivity index (χ3v) is 8.45. The number of rotatable bonds is 11. The number of ether oxygens (including phenoxy) is 2. The molecule has 1 unspecified atom stereocenters. The van der Waals surface area contributed by atoms with Gasteiger partial charge in [-0.1, -0.05) is 24.9 Å². The lowest BCUT2D eigenvalue weighted by molar-refractivity contribution is -0.155. The first kappa shape index (κ1) is 30.5. The van der Waals surface area contributed by atoms with E-state index in [-0.39, 0.29) is 30.4 Å². The summed E-state index contributed by atoms with van der Waals surface area (Å²) >= 11 is 5.95. The number of esters is 1. The van der Waals surface area contributed by atoms with Gasteiger partial charge in [-0.25, -0.2) is 12.8 Å². The SMILES string of the molecule is CCCC1(CC(=O)OC(C)(C)C)Nc2ccc(N(CCOc3ccc(Cl)cc3)S(=O)(=O)c3ccc(F)cc3)cc2N1. The number of nitrogens with one attached hydrogen (secondary N) is 2. The predicted octanol–water partition coefficient (Wildman–Crippen LogP) is 6.82. The van der Waals surface area contributed by atoms with Gasteiger partial charge in [0.1, 0.15) is 29.4 Å². The molecule has 11 heteroatoms. The molecule has 1 heterocycles. The quantitative estimate of drug-likeness (QED) is 0.232. The fraction of sp³-hybridized carbons (Fsp3) is 0.367. The Morgan fingerprint density at radius 2 is 1.66 bits per heavy atom. The van der Waals surface area contributed by atoms with Gasteiger partial charge in [0.15, 0.2) is 0 Å². The fourth-order valence-corrected chi connectivity index (χ4v) is 6.26. The number of hydrogen-bond donors (Lipinski definition) is 2. The van der Waals surface area contributed by atoms with E-state index in [1.54, 1.807) is 42.5 Å². The van der Waals surface area contributed by atoms with E-state index in [9.17, 15) is 17.6 Å². The van der Waals surface area contributed by atoms with E-state index in [0.29, 0.717) is 28.6 Å². The molecule has 8 nitrogen and oxygen atoms in total. The van der Waals surface area contributed by atoms with E-state index < -0.39 is 27.1 Å².